The molecular formula is C13H25NO2. The van der Waals surface area contributed by atoms with Crippen LogP contribution in [0, 0.1) is 5.92 Å². The first-order chi connectivity index (χ1) is 7.88. The van der Waals surface area contributed by atoms with Crippen LogP contribution in [0.2, 0.25) is 0 Å². The van der Waals surface area contributed by atoms with Crippen LogP contribution in [0.5, 0.6) is 0 Å². The van der Waals surface area contributed by atoms with Crippen molar-refractivity contribution in [2.75, 3.05) is 19.9 Å². The summed E-state index contributed by atoms with van der Waals surface area (Å²) in [6, 6.07) is 0.727. The minimum absolute atomic E-state index is 0.371. The Morgan fingerprint density at radius 3 is 2.94 bits per heavy atom. The zero-order valence-electron chi connectivity index (χ0n) is 10.4. The fourth-order valence-corrected chi connectivity index (χ4v) is 2.81. The smallest absolute Gasteiger partial charge is 0.147 e. The monoisotopic (exact) mass is 227 g/mol. The lowest BCUT2D eigenvalue weighted by Gasteiger charge is -2.31. The fraction of sp³-hybridized carbons (Fsp3) is 1.00. The topological polar surface area (TPSA) is 30.5 Å². The summed E-state index contributed by atoms with van der Waals surface area (Å²) in [6.07, 6.45) is 8.28. The molecule has 2 aliphatic rings. The molecule has 3 nitrogen and oxygen atoms in total. The molecule has 2 fully saturated rings. The molecule has 3 atom stereocenters. The van der Waals surface area contributed by atoms with Gasteiger partial charge in [-0.15, -0.1) is 0 Å². The molecule has 94 valence electrons. The molecule has 1 aliphatic carbocycles. The van der Waals surface area contributed by atoms with Crippen molar-refractivity contribution in [1.29, 1.82) is 0 Å². The third kappa shape index (κ3) is 3.72. The van der Waals surface area contributed by atoms with E-state index in [1.165, 1.54) is 32.1 Å². The molecule has 0 aromatic carbocycles. The molecule has 0 radical (unpaired) electrons. The highest BCUT2D eigenvalue weighted by Gasteiger charge is 2.22. The maximum Gasteiger partial charge on any atom is 0.147 e. The molecule has 0 aromatic rings. The second kappa shape index (κ2) is 6.58. The van der Waals surface area contributed by atoms with Gasteiger partial charge in [0.1, 0.15) is 6.79 Å². The van der Waals surface area contributed by atoms with Gasteiger partial charge in [0.2, 0.25) is 0 Å². The molecule has 1 aliphatic heterocycles. The van der Waals surface area contributed by atoms with Gasteiger partial charge in [0.05, 0.1) is 12.7 Å². The zero-order valence-corrected chi connectivity index (χ0v) is 10.4. The number of rotatable bonds is 4. The molecule has 3 unspecified atom stereocenters. The van der Waals surface area contributed by atoms with Gasteiger partial charge < -0.3 is 14.8 Å². The van der Waals surface area contributed by atoms with Crippen molar-refractivity contribution in [3.05, 3.63) is 0 Å². The van der Waals surface area contributed by atoms with Crippen molar-refractivity contribution in [3.8, 4) is 0 Å². The summed E-state index contributed by atoms with van der Waals surface area (Å²) < 4.78 is 10.7. The molecule has 2 rings (SSSR count). The molecule has 1 saturated heterocycles. The van der Waals surface area contributed by atoms with Gasteiger partial charge >= 0.3 is 0 Å². The first-order valence-electron chi connectivity index (χ1n) is 6.81. The van der Waals surface area contributed by atoms with Crippen LogP contribution in [-0.4, -0.2) is 32.1 Å². The lowest BCUT2D eigenvalue weighted by atomic mass is 9.84. The largest absolute Gasteiger partial charge is 0.355 e. The van der Waals surface area contributed by atoms with E-state index in [9.17, 15) is 0 Å². The van der Waals surface area contributed by atoms with Crippen molar-refractivity contribution in [1.82, 2.24) is 5.32 Å². The molecule has 0 amide bonds. The third-order valence-electron chi connectivity index (χ3n) is 3.97. The fourth-order valence-electron chi connectivity index (χ4n) is 2.81. The average Bonchev–Trinajstić information content (AvgIpc) is 2.38. The molecule has 0 spiro atoms. The van der Waals surface area contributed by atoms with E-state index >= 15 is 0 Å². The summed E-state index contributed by atoms with van der Waals surface area (Å²) in [5.74, 6) is 0.946. The summed E-state index contributed by atoms with van der Waals surface area (Å²) in [5.41, 5.74) is 0. The Labute approximate surface area is 98.9 Å². The summed E-state index contributed by atoms with van der Waals surface area (Å²) in [5, 5.41) is 3.68. The van der Waals surface area contributed by atoms with Gasteiger partial charge in [0.25, 0.3) is 0 Å². The van der Waals surface area contributed by atoms with E-state index in [2.05, 4.69) is 12.2 Å². The van der Waals surface area contributed by atoms with Crippen LogP contribution in [-0.2, 0) is 9.47 Å². The van der Waals surface area contributed by atoms with Crippen LogP contribution in [0.25, 0.3) is 0 Å². The van der Waals surface area contributed by atoms with Gasteiger partial charge in [-0.1, -0.05) is 26.2 Å². The van der Waals surface area contributed by atoms with Gasteiger partial charge in [-0.05, 0) is 25.2 Å². The quantitative estimate of drug-likeness (QED) is 0.799. The van der Waals surface area contributed by atoms with Crippen molar-refractivity contribution in [3.63, 3.8) is 0 Å². The molecule has 1 saturated carbocycles. The van der Waals surface area contributed by atoms with Gasteiger partial charge in [0.15, 0.2) is 0 Å². The summed E-state index contributed by atoms with van der Waals surface area (Å²) in [4.78, 5) is 0. The second-order valence-electron chi connectivity index (χ2n) is 5.15. The van der Waals surface area contributed by atoms with Gasteiger partial charge in [-0.25, -0.2) is 0 Å². The minimum Gasteiger partial charge on any atom is -0.355 e. The van der Waals surface area contributed by atoms with Crippen LogP contribution >= 0.6 is 0 Å². The van der Waals surface area contributed by atoms with E-state index in [1.54, 1.807) is 0 Å². The lowest BCUT2D eigenvalue weighted by molar-refractivity contribution is -0.137. The van der Waals surface area contributed by atoms with E-state index < -0.39 is 0 Å². The first-order valence-corrected chi connectivity index (χ1v) is 6.81. The highest BCUT2D eigenvalue weighted by molar-refractivity contribution is 4.78. The Morgan fingerprint density at radius 1 is 1.25 bits per heavy atom. The SMILES string of the molecule is CCC1CCCC(NCC2CCOCO2)C1. The Kier molecular flexibility index (Phi) is 5.07. The normalized spacial score (nSPS) is 36.2. The van der Waals surface area contributed by atoms with Crippen molar-refractivity contribution < 1.29 is 9.47 Å². The highest BCUT2D eigenvalue weighted by atomic mass is 16.7. The average molecular weight is 227 g/mol. The lowest BCUT2D eigenvalue weighted by Crippen LogP contribution is -2.41. The predicted octanol–water partition coefficient (Wildman–Crippen LogP) is 2.31. The Morgan fingerprint density at radius 2 is 2.19 bits per heavy atom. The van der Waals surface area contributed by atoms with Gasteiger partial charge in [0, 0.05) is 12.6 Å². The van der Waals surface area contributed by atoms with Gasteiger partial charge in [-0.3, -0.25) is 0 Å². The van der Waals surface area contributed by atoms with E-state index in [0.29, 0.717) is 12.9 Å². The molecule has 1 heterocycles. The molecule has 0 aromatic heterocycles. The highest BCUT2D eigenvalue weighted by Crippen LogP contribution is 2.26. The van der Waals surface area contributed by atoms with Crippen molar-refractivity contribution in [2.24, 2.45) is 5.92 Å². The van der Waals surface area contributed by atoms with E-state index in [1.807, 2.05) is 0 Å². The maximum absolute atomic E-state index is 5.54. The zero-order chi connectivity index (χ0) is 11.2. The van der Waals surface area contributed by atoms with Gasteiger partial charge in [-0.2, -0.15) is 0 Å². The minimum atomic E-state index is 0.371. The van der Waals surface area contributed by atoms with E-state index in [4.69, 9.17) is 9.47 Å². The Hall–Kier alpha value is -0.120. The standard InChI is InChI=1S/C13H25NO2/c1-2-11-4-3-5-12(8-11)14-9-13-6-7-15-10-16-13/h11-14H,2-10H2,1H3. The maximum atomic E-state index is 5.54. The van der Waals surface area contributed by atoms with Crippen molar-refractivity contribution >= 4 is 0 Å². The van der Waals surface area contributed by atoms with Crippen LogP contribution in [0.4, 0.5) is 0 Å². The molecule has 16 heavy (non-hydrogen) atoms. The molecule has 1 N–H and O–H groups in total. The van der Waals surface area contributed by atoms with Crippen LogP contribution in [0.3, 0.4) is 0 Å². The van der Waals surface area contributed by atoms with Crippen LogP contribution in [0.15, 0.2) is 0 Å². The van der Waals surface area contributed by atoms with Crippen LogP contribution < -0.4 is 5.32 Å². The van der Waals surface area contributed by atoms with E-state index in [-0.39, 0.29) is 0 Å². The number of hydrogen-bond donors (Lipinski definition) is 1. The van der Waals surface area contributed by atoms with Crippen molar-refractivity contribution in [2.45, 2.75) is 57.6 Å². The third-order valence-corrected chi connectivity index (χ3v) is 3.97. The van der Waals surface area contributed by atoms with E-state index in [0.717, 1.165) is 31.5 Å². The van der Waals surface area contributed by atoms with Crippen LogP contribution in [0.1, 0.15) is 45.4 Å². The number of ether oxygens (including phenoxy) is 2. The summed E-state index contributed by atoms with van der Waals surface area (Å²) in [7, 11) is 0. The molecule has 0 bridgehead atoms. The Balaban J connectivity index is 1.64. The predicted molar refractivity (Wildman–Crippen MR) is 64.3 cm³/mol. The molecular weight excluding hydrogens is 202 g/mol. The summed E-state index contributed by atoms with van der Waals surface area (Å²) in [6.45, 7) is 4.66. The number of nitrogens with one attached hydrogen (secondary N) is 1. The first kappa shape index (κ1) is 12.3. The number of hydrogen-bond acceptors (Lipinski definition) is 3. The Bertz CT molecular complexity index is 192. The summed E-state index contributed by atoms with van der Waals surface area (Å²) >= 11 is 0. The molecule has 3 heteroatoms. The second-order valence-corrected chi connectivity index (χ2v) is 5.15.